The molecule has 1 saturated heterocycles. The Morgan fingerprint density at radius 1 is 1.35 bits per heavy atom. The molecule has 1 aromatic carbocycles. The summed E-state index contributed by atoms with van der Waals surface area (Å²) in [7, 11) is 0. The van der Waals surface area contributed by atoms with E-state index >= 15 is 0 Å². The van der Waals surface area contributed by atoms with Crippen LogP contribution < -0.4 is 14.8 Å². The molecule has 0 saturated carbocycles. The highest BCUT2D eigenvalue weighted by molar-refractivity contribution is 6.30. The van der Waals surface area contributed by atoms with Crippen LogP contribution in [0, 0.1) is 10.1 Å². The molecular formula is C16H14ClN3O6. The lowest BCUT2D eigenvalue weighted by Crippen LogP contribution is -2.52. The molecule has 1 aliphatic heterocycles. The topological polar surface area (TPSA) is 124 Å². The van der Waals surface area contributed by atoms with Crippen LogP contribution in [0.15, 0.2) is 36.5 Å². The van der Waals surface area contributed by atoms with Gasteiger partial charge < -0.3 is 14.6 Å². The maximum absolute atomic E-state index is 11.5. The summed E-state index contributed by atoms with van der Waals surface area (Å²) >= 11 is 5.71. The van der Waals surface area contributed by atoms with Gasteiger partial charge >= 0.3 is 11.7 Å². The number of nitrogens with one attached hydrogen (secondary N) is 1. The quantitative estimate of drug-likeness (QED) is 0.579. The van der Waals surface area contributed by atoms with E-state index in [1.54, 1.807) is 0 Å². The lowest BCUT2D eigenvalue weighted by molar-refractivity contribution is -0.386. The minimum absolute atomic E-state index is 0.121. The number of nitro groups is 1. The fourth-order valence-corrected chi connectivity index (χ4v) is 2.70. The van der Waals surface area contributed by atoms with Gasteiger partial charge in [0, 0.05) is 12.5 Å². The Hall–Kier alpha value is -2.91. The van der Waals surface area contributed by atoms with Crippen molar-refractivity contribution in [3.05, 3.63) is 51.7 Å². The van der Waals surface area contributed by atoms with Crippen LogP contribution >= 0.6 is 11.6 Å². The first-order valence-corrected chi connectivity index (χ1v) is 8.03. The number of carboxylic acids is 1. The van der Waals surface area contributed by atoms with Crippen LogP contribution in [0.4, 0.5) is 5.69 Å². The summed E-state index contributed by atoms with van der Waals surface area (Å²) in [6.07, 6.45) is 2.28. The van der Waals surface area contributed by atoms with Gasteiger partial charge in [0.05, 0.1) is 16.1 Å². The number of aliphatic carboxylic acids is 1. The first kappa shape index (κ1) is 17.9. The van der Waals surface area contributed by atoms with Crippen molar-refractivity contribution in [3.8, 4) is 17.4 Å². The van der Waals surface area contributed by atoms with Gasteiger partial charge in [0.25, 0.3) is 11.6 Å². The molecule has 0 aliphatic carbocycles. The molecule has 0 spiro atoms. The zero-order chi connectivity index (χ0) is 18.7. The molecule has 0 unspecified atom stereocenters. The molecule has 1 atom stereocenters. The first-order chi connectivity index (χ1) is 12.4. The average molecular weight is 380 g/mol. The van der Waals surface area contributed by atoms with Gasteiger partial charge in [-0.3, -0.25) is 15.4 Å². The van der Waals surface area contributed by atoms with Crippen molar-refractivity contribution < 1.29 is 24.3 Å². The summed E-state index contributed by atoms with van der Waals surface area (Å²) in [5.41, 5.74) is -1.81. The number of aromatic nitrogens is 1. The normalized spacial score (nSPS) is 19.1. The summed E-state index contributed by atoms with van der Waals surface area (Å²) in [4.78, 5) is 25.7. The van der Waals surface area contributed by atoms with Gasteiger partial charge in [0.2, 0.25) is 0 Å². The van der Waals surface area contributed by atoms with E-state index in [0.29, 0.717) is 25.1 Å². The molecule has 2 N–H and O–H groups in total. The Balaban J connectivity index is 1.76. The maximum atomic E-state index is 11.5. The largest absolute Gasteiger partial charge is 0.477 e. The molecule has 1 aliphatic rings. The van der Waals surface area contributed by atoms with Gasteiger partial charge in [-0.25, -0.2) is 9.78 Å². The molecule has 1 fully saturated rings. The van der Waals surface area contributed by atoms with Crippen molar-refractivity contribution >= 4 is 23.3 Å². The fraction of sp³-hybridized carbons (Fsp3) is 0.250. The average Bonchev–Trinajstić information content (AvgIpc) is 3.08. The van der Waals surface area contributed by atoms with Crippen LogP contribution in [0.5, 0.6) is 17.4 Å². The van der Waals surface area contributed by atoms with Gasteiger partial charge in [-0.1, -0.05) is 11.6 Å². The summed E-state index contributed by atoms with van der Waals surface area (Å²) in [5, 5.41) is 23.4. The van der Waals surface area contributed by atoms with E-state index in [0.717, 1.165) is 6.07 Å². The lowest BCUT2D eigenvalue weighted by atomic mass is 10.1. The minimum Gasteiger partial charge on any atom is -0.477 e. The standard InChI is InChI=1S/C16H14ClN3O6/c17-10-8-13(20(23)24)14(18-9-10)25-11-2-4-12(5-3-11)26-16(15(21)22)6-1-7-19-16/h2-5,8-9,19H,1,6-7H2,(H,21,22)/t16-/m1/s1. The highest BCUT2D eigenvalue weighted by Gasteiger charge is 2.43. The monoisotopic (exact) mass is 379 g/mol. The van der Waals surface area contributed by atoms with Gasteiger partial charge in [-0.15, -0.1) is 0 Å². The Morgan fingerprint density at radius 3 is 2.62 bits per heavy atom. The Labute approximate surface area is 152 Å². The Kier molecular flexibility index (Phi) is 4.92. The summed E-state index contributed by atoms with van der Waals surface area (Å²) in [6.45, 7) is 0.555. The second kappa shape index (κ2) is 7.14. The van der Waals surface area contributed by atoms with Crippen LogP contribution in [0.3, 0.4) is 0 Å². The third kappa shape index (κ3) is 3.68. The number of hydrogen-bond donors (Lipinski definition) is 2. The van der Waals surface area contributed by atoms with Gasteiger partial charge in [-0.05, 0) is 37.2 Å². The summed E-state index contributed by atoms with van der Waals surface area (Å²) in [5.74, 6) is -0.685. The third-order valence-corrected chi connectivity index (χ3v) is 3.99. The molecule has 0 amide bonds. The van der Waals surface area contributed by atoms with Crippen molar-refractivity contribution in [1.29, 1.82) is 0 Å². The lowest BCUT2D eigenvalue weighted by Gasteiger charge is -2.25. The molecule has 26 heavy (non-hydrogen) atoms. The molecule has 136 valence electrons. The van der Waals surface area contributed by atoms with Crippen LogP contribution in [0.2, 0.25) is 5.02 Å². The predicted molar refractivity (Wildman–Crippen MR) is 90.6 cm³/mol. The van der Waals surface area contributed by atoms with Crippen molar-refractivity contribution in [1.82, 2.24) is 10.3 Å². The van der Waals surface area contributed by atoms with E-state index in [-0.39, 0.29) is 22.3 Å². The zero-order valence-electron chi connectivity index (χ0n) is 13.3. The number of carbonyl (C=O) groups is 1. The molecule has 2 aromatic rings. The van der Waals surface area contributed by atoms with E-state index in [2.05, 4.69) is 10.3 Å². The Bertz CT molecular complexity index is 836. The molecule has 3 rings (SSSR count). The number of carboxylic acid groups (broad SMARTS) is 1. The molecular weight excluding hydrogens is 366 g/mol. The number of hydrogen-bond acceptors (Lipinski definition) is 7. The molecule has 2 heterocycles. The van der Waals surface area contributed by atoms with E-state index < -0.39 is 16.6 Å². The van der Waals surface area contributed by atoms with E-state index in [1.165, 1.54) is 30.5 Å². The minimum atomic E-state index is -1.45. The second-order valence-corrected chi connectivity index (χ2v) is 6.01. The van der Waals surface area contributed by atoms with Crippen molar-refractivity contribution in [2.45, 2.75) is 18.6 Å². The molecule has 10 heteroatoms. The van der Waals surface area contributed by atoms with Gasteiger partial charge in [-0.2, -0.15) is 0 Å². The van der Waals surface area contributed by atoms with Gasteiger partial charge in [0.15, 0.2) is 0 Å². The van der Waals surface area contributed by atoms with Crippen LogP contribution in [0.25, 0.3) is 0 Å². The van der Waals surface area contributed by atoms with E-state index in [1.807, 2.05) is 0 Å². The van der Waals surface area contributed by atoms with Crippen molar-refractivity contribution in [3.63, 3.8) is 0 Å². The maximum Gasteiger partial charge on any atom is 0.363 e. The summed E-state index contributed by atoms with van der Waals surface area (Å²) in [6, 6.07) is 7.17. The van der Waals surface area contributed by atoms with Crippen molar-refractivity contribution in [2.24, 2.45) is 0 Å². The smallest absolute Gasteiger partial charge is 0.363 e. The highest BCUT2D eigenvalue weighted by atomic mass is 35.5. The number of halogens is 1. The number of pyridine rings is 1. The molecule has 9 nitrogen and oxygen atoms in total. The zero-order valence-corrected chi connectivity index (χ0v) is 14.1. The van der Waals surface area contributed by atoms with Crippen LogP contribution in [-0.4, -0.2) is 33.3 Å². The van der Waals surface area contributed by atoms with Gasteiger partial charge in [0.1, 0.15) is 11.5 Å². The number of ether oxygens (including phenoxy) is 2. The molecule has 0 radical (unpaired) electrons. The number of nitrogens with zero attached hydrogens (tertiary/aromatic N) is 2. The first-order valence-electron chi connectivity index (χ1n) is 7.65. The van der Waals surface area contributed by atoms with E-state index in [9.17, 15) is 20.0 Å². The molecule has 1 aromatic heterocycles. The third-order valence-electron chi connectivity index (χ3n) is 3.79. The summed E-state index contributed by atoms with van der Waals surface area (Å²) < 4.78 is 11.0. The van der Waals surface area contributed by atoms with Crippen molar-refractivity contribution in [2.75, 3.05) is 6.54 Å². The molecule has 0 bridgehead atoms. The second-order valence-electron chi connectivity index (χ2n) is 5.57. The predicted octanol–water partition coefficient (Wildman–Crippen LogP) is 2.98. The highest BCUT2D eigenvalue weighted by Crippen LogP contribution is 2.32. The Morgan fingerprint density at radius 2 is 2.04 bits per heavy atom. The van der Waals surface area contributed by atoms with E-state index in [4.69, 9.17) is 21.1 Å². The van der Waals surface area contributed by atoms with Crippen LogP contribution in [0.1, 0.15) is 12.8 Å². The number of rotatable bonds is 6. The van der Waals surface area contributed by atoms with Crippen LogP contribution in [-0.2, 0) is 4.79 Å². The SMILES string of the molecule is O=C(O)[C@]1(Oc2ccc(Oc3ncc(Cl)cc3[N+](=O)[O-])cc2)CCCN1. The number of benzene rings is 1. The fourth-order valence-electron chi connectivity index (χ4n) is 2.54.